The van der Waals surface area contributed by atoms with Crippen LogP contribution in [0.3, 0.4) is 0 Å². The molecule has 0 aliphatic rings. The number of hydrogen-bond acceptors (Lipinski definition) is 7. The molecule has 10 heteroatoms. The van der Waals surface area contributed by atoms with Crippen molar-refractivity contribution in [3.05, 3.63) is 72.9 Å². The Balaban J connectivity index is 4.51. The minimum Gasteiger partial charge on any atom is -0.462 e. The van der Waals surface area contributed by atoms with Crippen LogP contribution in [0.1, 0.15) is 155 Å². The fraction of sp³-hybridized carbons (Fsp3) is 0.696. The number of hydrogen-bond donors (Lipinski definition) is 1. The highest BCUT2D eigenvalue weighted by atomic mass is 31.2. The Kier molecular flexibility index (Phi) is 36.3. The molecule has 0 aliphatic heterocycles. The third kappa shape index (κ3) is 41.1. The molecular formula is C46H81NO8P+. The van der Waals surface area contributed by atoms with E-state index >= 15 is 0 Å². The highest BCUT2D eigenvalue weighted by Gasteiger charge is 2.27. The first kappa shape index (κ1) is 53.5. The Morgan fingerprint density at radius 2 is 1.02 bits per heavy atom. The van der Waals surface area contributed by atoms with Gasteiger partial charge in [0.05, 0.1) is 27.7 Å². The first-order valence-electron chi connectivity index (χ1n) is 21.7. The predicted molar refractivity (Wildman–Crippen MR) is 233 cm³/mol. The van der Waals surface area contributed by atoms with Crippen LogP contribution in [0.2, 0.25) is 0 Å². The van der Waals surface area contributed by atoms with Crippen molar-refractivity contribution in [1.29, 1.82) is 0 Å². The lowest BCUT2D eigenvalue weighted by atomic mass is 10.0. The molecule has 1 N–H and O–H groups in total. The maximum Gasteiger partial charge on any atom is 0.472 e. The van der Waals surface area contributed by atoms with Crippen LogP contribution in [0.25, 0.3) is 0 Å². The number of carbonyl (C=O) groups excluding carboxylic acids is 2. The van der Waals surface area contributed by atoms with E-state index in [4.69, 9.17) is 18.5 Å². The Morgan fingerprint density at radius 1 is 0.571 bits per heavy atom. The van der Waals surface area contributed by atoms with Crippen molar-refractivity contribution >= 4 is 19.8 Å². The van der Waals surface area contributed by atoms with E-state index < -0.39 is 32.5 Å². The van der Waals surface area contributed by atoms with Crippen LogP contribution in [0.4, 0.5) is 0 Å². The average Bonchev–Trinajstić information content (AvgIpc) is 3.15. The summed E-state index contributed by atoms with van der Waals surface area (Å²) in [4.78, 5) is 35.3. The lowest BCUT2D eigenvalue weighted by Gasteiger charge is -2.24. The highest BCUT2D eigenvalue weighted by Crippen LogP contribution is 2.43. The number of ether oxygens (including phenoxy) is 2. The van der Waals surface area contributed by atoms with Crippen molar-refractivity contribution in [2.45, 2.75) is 161 Å². The summed E-state index contributed by atoms with van der Waals surface area (Å²) in [5, 5.41) is 0. The van der Waals surface area contributed by atoms with Crippen molar-refractivity contribution in [1.82, 2.24) is 0 Å². The molecule has 322 valence electrons. The van der Waals surface area contributed by atoms with Gasteiger partial charge in [0.25, 0.3) is 0 Å². The van der Waals surface area contributed by atoms with Gasteiger partial charge in [-0.2, -0.15) is 0 Å². The number of likely N-dealkylation sites (N-methyl/N-ethyl adjacent to an activating group) is 1. The zero-order valence-electron chi connectivity index (χ0n) is 36.1. The van der Waals surface area contributed by atoms with Gasteiger partial charge in [0.1, 0.15) is 19.8 Å². The second kappa shape index (κ2) is 38.0. The SMILES string of the molecule is CC/C=C/C/C=C/C/C=C/C/C=C/C/C=C/C/C=C/CCC(=O)O[C@H](COC(=O)CCCCCCCCCCCCCCC)COP(=O)(O)OCC[N+](C)(C)C. The van der Waals surface area contributed by atoms with Crippen molar-refractivity contribution < 1.29 is 42.1 Å². The van der Waals surface area contributed by atoms with Gasteiger partial charge in [-0.25, -0.2) is 4.57 Å². The predicted octanol–water partition coefficient (Wildman–Crippen LogP) is 12.2. The van der Waals surface area contributed by atoms with Crippen molar-refractivity contribution in [3.63, 3.8) is 0 Å². The van der Waals surface area contributed by atoms with E-state index in [2.05, 4.69) is 74.6 Å². The molecule has 56 heavy (non-hydrogen) atoms. The van der Waals surface area contributed by atoms with Crippen molar-refractivity contribution in [2.75, 3.05) is 47.5 Å². The molecule has 0 saturated heterocycles. The van der Waals surface area contributed by atoms with Gasteiger partial charge in [0.2, 0.25) is 0 Å². The summed E-state index contributed by atoms with van der Waals surface area (Å²) in [5.74, 6) is -0.900. The average molecular weight is 807 g/mol. The first-order valence-corrected chi connectivity index (χ1v) is 23.2. The number of allylic oxidation sites excluding steroid dienone is 12. The van der Waals surface area contributed by atoms with Crippen LogP contribution in [0.15, 0.2) is 72.9 Å². The molecule has 0 aromatic heterocycles. The Morgan fingerprint density at radius 3 is 1.48 bits per heavy atom. The summed E-state index contributed by atoms with van der Waals surface area (Å²) in [6.45, 7) is 4.20. The van der Waals surface area contributed by atoms with Crippen LogP contribution in [0.5, 0.6) is 0 Å². The summed E-state index contributed by atoms with van der Waals surface area (Å²) >= 11 is 0. The van der Waals surface area contributed by atoms with E-state index in [1.807, 2.05) is 33.3 Å². The summed E-state index contributed by atoms with van der Waals surface area (Å²) < 4.78 is 34.2. The number of carbonyl (C=O) groups is 2. The zero-order chi connectivity index (χ0) is 41.4. The standard InChI is InChI=1S/C46H80NO8P/c1-6-8-10-12-14-16-18-20-21-22-23-24-25-27-29-31-33-35-37-39-46(49)55-44(43-54-56(50,51)53-41-40-47(3,4)5)42-52-45(48)38-36-34-32-30-28-26-19-17-15-13-11-9-7-2/h8,10,14,16,20-21,23-24,27,29,33,35,44H,6-7,9,11-13,15,17-19,22,25-26,28,30-32,34,36-43H2,1-5H3/p+1/b10-8+,16-14+,21-20+,24-23+,29-27+,35-33+/t44-/m1/s1. The second-order valence-electron chi connectivity index (χ2n) is 15.4. The normalized spacial score (nSPS) is 14.3. The van der Waals surface area contributed by atoms with Gasteiger partial charge in [0, 0.05) is 12.8 Å². The third-order valence-electron chi connectivity index (χ3n) is 8.76. The van der Waals surface area contributed by atoms with Gasteiger partial charge in [-0.1, -0.05) is 164 Å². The van der Waals surface area contributed by atoms with Crippen molar-refractivity contribution in [3.8, 4) is 0 Å². The topological polar surface area (TPSA) is 108 Å². The molecule has 2 atom stereocenters. The lowest BCUT2D eigenvalue weighted by Crippen LogP contribution is -2.37. The molecule has 0 heterocycles. The molecule has 0 amide bonds. The number of nitrogens with zero attached hydrogens (tertiary/aromatic N) is 1. The summed E-state index contributed by atoms with van der Waals surface area (Å²) in [5.41, 5.74) is 0. The maximum atomic E-state index is 12.6. The molecule has 0 bridgehead atoms. The Bertz CT molecular complexity index is 1180. The van der Waals surface area contributed by atoms with Crippen molar-refractivity contribution in [2.24, 2.45) is 0 Å². The fourth-order valence-electron chi connectivity index (χ4n) is 5.39. The number of phosphoric ester groups is 1. The molecule has 0 spiro atoms. The quantitative estimate of drug-likeness (QED) is 0.0216. The highest BCUT2D eigenvalue weighted by molar-refractivity contribution is 7.47. The third-order valence-corrected chi connectivity index (χ3v) is 9.75. The van der Waals surface area contributed by atoms with E-state index in [1.54, 1.807) is 0 Å². The molecule has 0 rings (SSSR count). The largest absolute Gasteiger partial charge is 0.472 e. The van der Waals surface area contributed by atoms with Gasteiger partial charge in [-0.05, 0) is 51.4 Å². The van der Waals surface area contributed by atoms with Gasteiger partial charge in [-0.3, -0.25) is 18.6 Å². The molecule has 0 aliphatic carbocycles. The van der Waals surface area contributed by atoms with E-state index in [0.29, 0.717) is 17.4 Å². The molecule has 0 aromatic carbocycles. The first-order chi connectivity index (χ1) is 27.0. The summed E-state index contributed by atoms with van der Waals surface area (Å²) in [6, 6.07) is 0. The number of rotatable bonds is 38. The number of esters is 2. The second-order valence-corrected chi connectivity index (χ2v) is 16.8. The smallest absolute Gasteiger partial charge is 0.462 e. The summed E-state index contributed by atoms with van der Waals surface area (Å²) in [7, 11) is 1.42. The summed E-state index contributed by atoms with van der Waals surface area (Å²) in [6.07, 6.45) is 46.8. The maximum absolute atomic E-state index is 12.6. The van der Waals surface area contributed by atoms with Crippen LogP contribution in [-0.4, -0.2) is 74.9 Å². The van der Waals surface area contributed by atoms with Crippen LogP contribution >= 0.6 is 7.82 Å². The van der Waals surface area contributed by atoms with E-state index in [0.717, 1.165) is 57.8 Å². The molecule has 1 unspecified atom stereocenters. The zero-order valence-corrected chi connectivity index (χ0v) is 37.0. The van der Waals surface area contributed by atoms with Crippen LogP contribution in [0, 0.1) is 0 Å². The molecular weight excluding hydrogens is 725 g/mol. The van der Waals surface area contributed by atoms with Gasteiger partial charge in [-0.15, -0.1) is 0 Å². The number of quaternary nitrogens is 1. The minimum absolute atomic E-state index is 0.0157. The van der Waals surface area contributed by atoms with Gasteiger partial charge in [0.15, 0.2) is 6.10 Å². The van der Waals surface area contributed by atoms with E-state index in [-0.39, 0.29) is 26.1 Å². The minimum atomic E-state index is -4.40. The molecule has 9 nitrogen and oxygen atoms in total. The fourth-order valence-corrected chi connectivity index (χ4v) is 6.13. The molecule has 0 fully saturated rings. The number of phosphoric acid groups is 1. The molecule has 0 saturated carbocycles. The van der Waals surface area contributed by atoms with E-state index in [1.165, 1.54) is 64.2 Å². The Hall–Kier alpha value is -2.55. The number of unbranched alkanes of at least 4 members (excludes halogenated alkanes) is 12. The molecule has 0 aromatic rings. The van der Waals surface area contributed by atoms with Crippen LogP contribution in [-0.2, 0) is 32.7 Å². The van der Waals surface area contributed by atoms with Gasteiger partial charge >= 0.3 is 19.8 Å². The Labute approximate surface area is 342 Å². The molecule has 0 radical (unpaired) electrons. The van der Waals surface area contributed by atoms with Gasteiger partial charge < -0.3 is 18.9 Å². The lowest BCUT2D eigenvalue weighted by molar-refractivity contribution is -0.870. The van der Waals surface area contributed by atoms with Crippen LogP contribution < -0.4 is 0 Å². The monoisotopic (exact) mass is 807 g/mol. The van der Waals surface area contributed by atoms with E-state index in [9.17, 15) is 19.0 Å².